The van der Waals surface area contributed by atoms with Gasteiger partial charge in [0.15, 0.2) is 0 Å². The molecule has 0 radical (unpaired) electrons. The quantitative estimate of drug-likeness (QED) is 0.849. The third kappa shape index (κ3) is 3.58. The molecule has 0 unspecified atom stereocenters. The zero-order valence-electron chi connectivity index (χ0n) is 10.4. The fourth-order valence-corrected chi connectivity index (χ4v) is 3.00. The Kier molecular flexibility index (Phi) is 4.61. The van der Waals surface area contributed by atoms with Crippen LogP contribution in [0.15, 0.2) is 34.1 Å². The van der Waals surface area contributed by atoms with E-state index in [0.29, 0.717) is 12.1 Å². The maximum Gasteiger partial charge on any atom is 0.336 e. The monoisotopic (exact) mass is 339 g/mol. The van der Waals surface area contributed by atoms with Gasteiger partial charge >= 0.3 is 5.97 Å². The van der Waals surface area contributed by atoms with Crippen molar-refractivity contribution in [2.75, 3.05) is 5.32 Å². The van der Waals surface area contributed by atoms with Crippen LogP contribution in [0, 0.1) is 0 Å². The molecular formula is C14H14BrNO2S. The summed E-state index contributed by atoms with van der Waals surface area (Å²) in [6.45, 7) is 2.76. The molecule has 1 heterocycles. The van der Waals surface area contributed by atoms with Crippen LogP contribution in [-0.2, 0) is 13.0 Å². The van der Waals surface area contributed by atoms with Crippen LogP contribution in [-0.4, -0.2) is 11.1 Å². The highest BCUT2D eigenvalue weighted by atomic mass is 79.9. The minimum absolute atomic E-state index is 0.355. The lowest BCUT2D eigenvalue weighted by Gasteiger charge is -2.10. The minimum atomic E-state index is -0.875. The molecule has 0 saturated carbocycles. The second-order valence-corrected chi connectivity index (χ2v) is 6.03. The van der Waals surface area contributed by atoms with Crippen molar-refractivity contribution in [3.8, 4) is 0 Å². The molecule has 0 bridgehead atoms. The van der Waals surface area contributed by atoms with Crippen LogP contribution in [0.4, 0.5) is 5.69 Å². The molecule has 0 spiro atoms. The van der Waals surface area contributed by atoms with E-state index in [4.69, 9.17) is 5.11 Å². The number of rotatable bonds is 5. The molecule has 100 valence electrons. The lowest BCUT2D eigenvalue weighted by molar-refractivity contribution is 0.0697. The zero-order valence-corrected chi connectivity index (χ0v) is 12.8. The maximum absolute atomic E-state index is 10.8. The maximum atomic E-state index is 10.8. The van der Waals surface area contributed by atoms with E-state index in [1.165, 1.54) is 16.9 Å². The van der Waals surface area contributed by atoms with E-state index in [-0.39, 0.29) is 0 Å². The van der Waals surface area contributed by atoms with Crippen LogP contribution in [0.5, 0.6) is 0 Å². The molecule has 1 aromatic heterocycles. The standard InChI is InChI=1S/C14H14BrNO2S/c1-2-9-5-11(15)3-4-13(9)16-7-12-6-10(8-19-12)14(17)18/h3-6,8,16H,2,7H2,1H3,(H,17,18). The first-order valence-corrected chi connectivity index (χ1v) is 7.60. The highest BCUT2D eigenvalue weighted by molar-refractivity contribution is 9.10. The number of carboxylic acid groups (broad SMARTS) is 1. The fourth-order valence-electron chi connectivity index (χ4n) is 1.80. The third-order valence-electron chi connectivity index (χ3n) is 2.80. The first kappa shape index (κ1) is 14.1. The highest BCUT2D eigenvalue weighted by Gasteiger charge is 2.07. The number of halogens is 1. The van der Waals surface area contributed by atoms with E-state index in [1.807, 2.05) is 12.1 Å². The molecule has 2 aromatic rings. The van der Waals surface area contributed by atoms with E-state index in [1.54, 1.807) is 11.4 Å². The molecule has 0 aliphatic heterocycles. The van der Waals surface area contributed by atoms with Gasteiger partial charge in [-0.25, -0.2) is 4.79 Å². The van der Waals surface area contributed by atoms with Gasteiger partial charge in [0.2, 0.25) is 0 Å². The van der Waals surface area contributed by atoms with Crippen molar-refractivity contribution in [2.45, 2.75) is 19.9 Å². The van der Waals surface area contributed by atoms with Gasteiger partial charge in [-0.2, -0.15) is 0 Å². The first-order chi connectivity index (χ1) is 9.10. The van der Waals surface area contributed by atoms with Crippen molar-refractivity contribution in [2.24, 2.45) is 0 Å². The summed E-state index contributed by atoms with van der Waals surface area (Å²) in [5, 5.41) is 13.9. The van der Waals surface area contributed by atoms with E-state index in [0.717, 1.165) is 21.5 Å². The molecule has 0 aliphatic carbocycles. The molecule has 2 N–H and O–H groups in total. The molecule has 2 rings (SSSR count). The number of aromatic carboxylic acids is 1. The van der Waals surface area contributed by atoms with Gasteiger partial charge in [-0.15, -0.1) is 11.3 Å². The Morgan fingerprint density at radius 2 is 2.21 bits per heavy atom. The molecule has 1 aromatic carbocycles. The van der Waals surface area contributed by atoms with Crippen LogP contribution >= 0.6 is 27.3 Å². The number of benzene rings is 1. The highest BCUT2D eigenvalue weighted by Crippen LogP contribution is 2.23. The van der Waals surface area contributed by atoms with Crippen LogP contribution < -0.4 is 5.32 Å². The predicted molar refractivity (Wildman–Crippen MR) is 82.1 cm³/mol. The van der Waals surface area contributed by atoms with Crippen LogP contribution in [0.2, 0.25) is 0 Å². The Morgan fingerprint density at radius 3 is 2.84 bits per heavy atom. The van der Waals surface area contributed by atoms with Gasteiger partial charge < -0.3 is 10.4 Å². The summed E-state index contributed by atoms with van der Waals surface area (Å²) in [5.74, 6) is -0.875. The molecule has 0 fully saturated rings. The van der Waals surface area contributed by atoms with Crippen molar-refractivity contribution in [3.63, 3.8) is 0 Å². The largest absolute Gasteiger partial charge is 0.478 e. The number of carbonyl (C=O) groups is 1. The minimum Gasteiger partial charge on any atom is -0.478 e. The molecule has 0 atom stereocenters. The van der Waals surface area contributed by atoms with Gasteiger partial charge in [0.25, 0.3) is 0 Å². The Labute approximate surface area is 124 Å². The van der Waals surface area contributed by atoms with Gasteiger partial charge in [-0.3, -0.25) is 0 Å². The van der Waals surface area contributed by atoms with Crippen LogP contribution in [0.25, 0.3) is 0 Å². The van der Waals surface area contributed by atoms with E-state index < -0.39 is 5.97 Å². The van der Waals surface area contributed by atoms with Gasteiger partial charge in [0.05, 0.1) is 5.56 Å². The predicted octanol–water partition coefficient (Wildman–Crippen LogP) is 4.38. The molecular weight excluding hydrogens is 326 g/mol. The summed E-state index contributed by atoms with van der Waals surface area (Å²) in [5.41, 5.74) is 2.69. The van der Waals surface area contributed by atoms with Crippen LogP contribution in [0.3, 0.4) is 0 Å². The molecule has 0 amide bonds. The molecule has 19 heavy (non-hydrogen) atoms. The fraction of sp³-hybridized carbons (Fsp3) is 0.214. The summed E-state index contributed by atoms with van der Waals surface area (Å²) < 4.78 is 1.07. The lowest BCUT2D eigenvalue weighted by Crippen LogP contribution is -2.01. The number of aryl methyl sites for hydroxylation is 1. The van der Waals surface area contributed by atoms with E-state index in [9.17, 15) is 4.79 Å². The van der Waals surface area contributed by atoms with Gasteiger partial charge in [0.1, 0.15) is 0 Å². The molecule has 5 heteroatoms. The Balaban J connectivity index is 2.07. The Morgan fingerprint density at radius 1 is 1.42 bits per heavy atom. The number of nitrogens with one attached hydrogen (secondary N) is 1. The summed E-state index contributed by atoms with van der Waals surface area (Å²) in [6.07, 6.45) is 0.951. The third-order valence-corrected chi connectivity index (χ3v) is 4.23. The van der Waals surface area contributed by atoms with Crippen LogP contribution in [0.1, 0.15) is 27.7 Å². The smallest absolute Gasteiger partial charge is 0.336 e. The topological polar surface area (TPSA) is 49.3 Å². The lowest BCUT2D eigenvalue weighted by atomic mass is 10.1. The second-order valence-electron chi connectivity index (χ2n) is 4.12. The second kappa shape index (κ2) is 6.21. The number of hydrogen-bond donors (Lipinski definition) is 2. The van der Waals surface area contributed by atoms with Crippen molar-refractivity contribution in [1.82, 2.24) is 0 Å². The summed E-state index contributed by atoms with van der Waals surface area (Å²) >= 11 is 4.92. The van der Waals surface area contributed by atoms with E-state index in [2.05, 4.69) is 34.2 Å². The summed E-state index contributed by atoms with van der Waals surface area (Å²) in [6, 6.07) is 7.84. The number of thiophene rings is 1. The number of carboxylic acids is 1. The molecule has 3 nitrogen and oxygen atoms in total. The molecule has 0 aliphatic rings. The normalized spacial score (nSPS) is 10.4. The summed E-state index contributed by atoms with van der Waals surface area (Å²) in [4.78, 5) is 11.8. The number of anilines is 1. The SMILES string of the molecule is CCc1cc(Br)ccc1NCc1cc(C(=O)O)cs1. The van der Waals surface area contributed by atoms with Gasteiger partial charge in [-0.05, 0) is 36.2 Å². The Hall–Kier alpha value is -1.33. The van der Waals surface area contributed by atoms with Crippen molar-refractivity contribution in [3.05, 3.63) is 50.1 Å². The van der Waals surface area contributed by atoms with E-state index >= 15 is 0 Å². The van der Waals surface area contributed by atoms with Gasteiger partial charge in [0, 0.05) is 27.0 Å². The zero-order chi connectivity index (χ0) is 13.8. The summed E-state index contributed by atoms with van der Waals surface area (Å²) in [7, 11) is 0. The average molecular weight is 340 g/mol. The van der Waals surface area contributed by atoms with Gasteiger partial charge in [-0.1, -0.05) is 22.9 Å². The Bertz CT molecular complexity index is 595. The van der Waals surface area contributed by atoms with Crippen molar-refractivity contribution < 1.29 is 9.90 Å². The average Bonchev–Trinajstić information content (AvgIpc) is 2.86. The van der Waals surface area contributed by atoms with Crippen molar-refractivity contribution in [1.29, 1.82) is 0 Å². The first-order valence-electron chi connectivity index (χ1n) is 5.93. The molecule has 0 saturated heterocycles. The van der Waals surface area contributed by atoms with Crippen molar-refractivity contribution >= 4 is 38.9 Å². The number of hydrogen-bond acceptors (Lipinski definition) is 3.